The summed E-state index contributed by atoms with van der Waals surface area (Å²) in [5, 5.41) is 2.24. The first-order chi connectivity index (χ1) is 16.1. The number of halogens is 8. The van der Waals surface area contributed by atoms with E-state index in [0.29, 0.717) is 11.5 Å². The maximum absolute atomic E-state index is 13.3. The second-order valence-electron chi connectivity index (χ2n) is 7.58. The van der Waals surface area contributed by atoms with Crippen molar-refractivity contribution in [2.45, 2.75) is 51.0 Å². The molecule has 2 N–H and O–H groups in total. The van der Waals surface area contributed by atoms with Crippen molar-refractivity contribution in [3.8, 4) is 11.5 Å². The molecule has 7 nitrogen and oxygen atoms in total. The number of hydrogen-bond donors (Lipinski definition) is 1. The molecular formula is C20H17F8N5O2. The summed E-state index contributed by atoms with van der Waals surface area (Å²) in [6.45, 7) is 0.833. The third kappa shape index (κ3) is 6.14. The van der Waals surface area contributed by atoms with Gasteiger partial charge in [0.25, 0.3) is 11.8 Å². The highest BCUT2D eigenvalue weighted by Crippen LogP contribution is 2.33. The van der Waals surface area contributed by atoms with Crippen LogP contribution in [-0.4, -0.2) is 25.7 Å². The van der Waals surface area contributed by atoms with Gasteiger partial charge in [0, 0.05) is 31.3 Å². The number of amides is 1. The van der Waals surface area contributed by atoms with Gasteiger partial charge in [-0.25, -0.2) is 4.98 Å². The van der Waals surface area contributed by atoms with Crippen LogP contribution in [0, 0.1) is 0 Å². The van der Waals surface area contributed by atoms with Gasteiger partial charge in [0.15, 0.2) is 5.69 Å². The van der Waals surface area contributed by atoms with E-state index in [1.165, 1.54) is 12.3 Å². The average molecular weight is 511 g/mol. The second kappa shape index (κ2) is 9.26. The number of carbonyl (C=O) groups is 1. The minimum atomic E-state index is -5.18. The van der Waals surface area contributed by atoms with E-state index in [2.05, 4.69) is 20.8 Å². The molecule has 3 aromatic rings. The number of oxazole rings is 1. The quantitative estimate of drug-likeness (QED) is 0.487. The van der Waals surface area contributed by atoms with Crippen LogP contribution in [0.5, 0.6) is 0 Å². The van der Waals surface area contributed by atoms with Gasteiger partial charge < -0.3 is 10.2 Å². The van der Waals surface area contributed by atoms with Crippen LogP contribution in [0.3, 0.4) is 0 Å². The van der Waals surface area contributed by atoms with Gasteiger partial charge >= 0.3 is 12.5 Å². The summed E-state index contributed by atoms with van der Waals surface area (Å²) >= 11 is 0. The Morgan fingerprint density at radius 1 is 1.09 bits per heavy atom. The first kappa shape index (κ1) is 26.1. The lowest BCUT2D eigenvalue weighted by molar-refractivity contribution is -0.214. The van der Waals surface area contributed by atoms with Crippen molar-refractivity contribution in [3.63, 3.8) is 0 Å². The topological polar surface area (TPSA) is 99.8 Å². The van der Waals surface area contributed by atoms with Crippen LogP contribution in [0.2, 0.25) is 0 Å². The smallest absolute Gasteiger partial charge is 0.441 e. The number of primary amides is 1. The zero-order chi connectivity index (χ0) is 26.2. The second-order valence-corrected chi connectivity index (χ2v) is 7.58. The van der Waals surface area contributed by atoms with Crippen molar-refractivity contribution in [2.75, 3.05) is 0 Å². The Labute approximate surface area is 191 Å². The number of pyridine rings is 1. The normalized spacial score (nSPS) is 14.2. The number of nitrogens with zero attached hydrogens (tertiary/aromatic N) is 4. The number of aromatic nitrogens is 4. The molecule has 35 heavy (non-hydrogen) atoms. The van der Waals surface area contributed by atoms with E-state index in [4.69, 9.17) is 4.42 Å². The third-order valence-electron chi connectivity index (χ3n) is 4.81. The number of hydrogen-bond acceptors (Lipinski definition) is 5. The molecule has 15 heteroatoms. The third-order valence-corrected chi connectivity index (χ3v) is 4.81. The van der Waals surface area contributed by atoms with E-state index < -0.39 is 40.2 Å². The van der Waals surface area contributed by atoms with Crippen LogP contribution in [0.15, 0.2) is 28.9 Å². The minimum absolute atomic E-state index is 0.106. The van der Waals surface area contributed by atoms with Crippen molar-refractivity contribution < 1.29 is 44.3 Å². The zero-order valence-electron chi connectivity index (χ0n) is 17.8. The monoisotopic (exact) mass is 511 g/mol. The first-order valence-corrected chi connectivity index (χ1v) is 9.94. The molecule has 1 aliphatic rings. The lowest BCUT2D eigenvalue weighted by atomic mass is 10.0. The largest absolute Gasteiger partial charge is 0.504 e. The van der Waals surface area contributed by atoms with E-state index in [0.717, 1.165) is 44.1 Å². The van der Waals surface area contributed by atoms with Crippen LogP contribution in [0.4, 0.5) is 35.1 Å². The molecule has 3 heterocycles. The van der Waals surface area contributed by atoms with Crippen LogP contribution in [0.1, 0.15) is 53.0 Å². The summed E-state index contributed by atoms with van der Waals surface area (Å²) in [4.78, 5) is 18.6. The lowest BCUT2D eigenvalue weighted by Gasteiger charge is -2.09. The predicted molar refractivity (Wildman–Crippen MR) is 103 cm³/mol. The Kier molecular flexibility index (Phi) is 6.90. The van der Waals surface area contributed by atoms with Crippen molar-refractivity contribution in [1.82, 2.24) is 19.7 Å². The number of carbonyl (C=O) groups excluding carboxylic acids is 1. The molecule has 0 fully saturated rings. The van der Waals surface area contributed by atoms with Crippen LogP contribution < -0.4 is 5.73 Å². The molecule has 0 atom stereocenters. The molecule has 1 aliphatic carbocycles. The van der Waals surface area contributed by atoms with Crippen molar-refractivity contribution in [1.29, 1.82) is 0 Å². The fourth-order valence-electron chi connectivity index (χ4n) is 3.17. The molecule has 0 aromatic carbocycles. The van der Waals surface area contributed by atoms with Crippen LogP contribution in [0.25, 0.3) is 11.5 Å². The van der Waals surface area contributed by atoms with Gasteiger partial charge in [0.2, 0.25) is 5.89 Å². The highest BCUT2D eigenvalue weighted by atomic mass is 19.4. The average Bonchev–Trinajstić information content (AvgIpc) is 3.38. The van der Waals surface area contributed by atoms with Gasteiger partial charge in [-0.2, -0.15) is 31.7 Å². The molecule has 0 saturated carbocycles. The lowest BCUT2D eigenvalue weighted by Crippen LogP contribution is -2.19. The van der Waals surface area contributed by atoms with E-state index in [9.17, 15) is 39.9 Å². The molecule has 4 rings (SSSR count). The summed E-state index contributed by atoms with van der Waals surface area (Å²) in [5.74, 6) is -3.28. The predicted octanol–water partition coefficient (Wildman–Crippen LogP) is 5.20. The molecular weight excluding hydrogens is 494 g/mol. The number of rotatable bonds is 3. The standard InChI is InChI=1S/C14H14F2N2O.C6H3F6N3O/c1-14(15,16)12-8-9(6-7-17-12)13-18-10-4-2-3-5-11(10)19-13;7-5(8,9)3-2(4(13)16)1-15(14-3)6(10,11)12/h6-8H,2-5H2,1H3;1H,(H2,13,16). The summed E-state index contributed by atoms with van der Waals surface area (Å²) in [7, 11) is 0. The molecule has 0 saturated heterocycles. The Morgan fingerprint density at radius 3 is 2.26 bits per heavy atom. The van der Waals surface area contributed by atoms with Crippen molar-refractivity contribution >= 4 is 5.91 Å². The van der Waals surface area contributed by atoms with Crippen molar-refractivity contribution in [3.05, 3.63) is 52.9 Å². The Bertz CT molecular complexity index is 1180. The molecule has 1 amide bonds. The first-order valence-electron chi connectivity index (χ1n) is 9.94. The van der Waals surface area contributed by atoms with Gasteiger partial charge in [-0.15, -0.1) is 13.2 Å². The molecule has 0 spiro atoms. The SMILES string of the molecule is CC(F)(F)c1cc(-c2nc3c(o2)CCCC3)ccn1.NC(=O)c1cn(C(F)(F)F)nc1C(F)(F)F. The fraction of sp³-hybridized carbons (Fsp3) is 0.400. The highest BCUT2D eigenvalue weighted by Gasteiger charge is 2.42. The maximum Gasteiger partial charge on any atom is 0.504 e. The van der Waals surface area contributed by atoms with E-state index in [1.807, 2.05) is 0 Å². The number of aryl methyl sites for hydroxylation is 2. The summed E-state index contributed by atoms with van der Waals surface area (Å²) in [6, 6.07) is 2.99. The summed E-state index contributed by atoms with van der Waals surface area (Å²) in [5.41, 5.74) is 2.47. The fourth-order valence-corrected chi connectivity index (χ4v) is 3.17. The minimum Gasteiger partial charge on any atom is -0.441 e. The van der Waals surface area contributed by atoms with E-state index >= 15 is 0 Å². The number of alkyl halides is 8. The Balaban J connectivity index is 0.000000199. The van der Waals surface area contributed by atoms with Gasteiger partial charge in [0.05, 0.1) is 11.3 Å². The molecule has 0 radical (unpaired) electrons. The Morgan fingerprint density at radius 2 is 1.74 bits per heavy atom. The molecule has 3 aromatic heterocycles. The molecule has 0 unspecified atom stereocenters. The van der Waals surface area contributed by atoms with Gasteiger partial charge in [-0.05, 0) is 31.4 Å². The molecule has 0 bridgehead atoms. The van der Waals surface area contributed by atoms with Gasteiger partial charge in [-0.1, -0.05) is 0 Å². The van der Waals surface area contributed by atoms with Gasteiger partial charge in [-0.3, -0.25) is 9.78 Å². The number of fused-ring (bicyclic) bond motifs is 1. The molecule has 190 valence electrons. The van der Waals surface area contributed by atoms with Crippen LogP contribution >= 0.6 is 0 Å². The molecule has 0 aliphatic heterocycles. The van der Waals surface area contributed by atoms with Crippen LogP contribution in [-0.2, 0) is 31.2 Å². The summed E-state index contributed by atoms with van der Waals surface area (Å²) in [6.07, 6.45) is -5.08. The Hall–Kier alpha value is -3.52. The summed E-state index contributed by atoms with van der Waals surface area (Å²) < 4.78 is 104. The zero-order valence-corrected chi connectivity index (χ0v) is 17.8. The maximum atomic E-state index is 13.3. The van der Waals surface area contributed by atoms with Crippen molar-refractivity contribution in [2.24, 2.45) is 5.73 Å². The van der Waals surface area contributed by atoms with Gasteiger partial charge in [0.1, 0.15) is 11.5 Å². The van der Waals surface area contributed by atoms with E-state index in [1.54, 1.807) is 6.07 Å². The highest BCUT2D eigenvalue weighted by molar-refractivity contribution is 5.93. The number of nitrogens with two attached hydrogens (primary N) is 1. The van der Waals surface area contributed by atoms with E-state index in [-0.39, 0.29) is 11.9 Å².